The Kier molecular flexibility index (Phi) is 6.09. The Balaban J connectivity index is 1.37. The van der Waals surface area contributed by atoms with Crippen molar-refractivity contribution in [2.75, 3.05) is 13.1 Å². The number of nitrogens with one attached hydrogen (secondary N) is 2. The van der Waals surface area contributed by atoms with Gasteiger partial charge in [0.15, 0.2) is 0 Å². The Morgan fingerprint density at radius 3 is 2.43 bits per heavy atom. The monoisotopic (exact) mass is 406 g/mol. The van der Waals surface area contributed by atoms with Crippen molar-refractivity contribution < 1.29 is 9.72 Å². The van der Waals surface area contributed by atoms with Gasteiger partial charge < -0.3 is 10.3 Å². The van der Waals surface area contributed by atoms with Crippen molar-refractivity contribution in [3.63, 3.8) is 0 Å². The molecule has 156 valence electrons. The van der Waals surface area contributed by atoms with Crippen LogP contribution in [0.3, 0.4) is 0 Å². The number of nitro benzene ring substituents is 1. The molecule has 30 heavy (non-hydrogen) atoms. The molecule has 7 nitrogen and oxygen atoms in total. The maximum absolute atomic E-state index is 12.6. The predicted octanol–water partition coefficient (Wildman–Crippen LogP) is 4.38. The van der Waals surface area contributed by atoms with E-state index in [1.165, 1.54) is 56.5 Å². The smallest absolute Gasteiger partial charge is 0.270 e. The molecule has 1 fully saturated rings. The molecule has 2 heterocycles. The minimum Gasteiger partial charge on any atom is -0.360 e. The summed E-state index contributed by atoms with van der Waals surface area (Å²) >= 11 is 0. The number of aromatic nitrogens is 1. The minimum atomic E-state index is -0.457. The first-order chi connectivity index (χ1) is 14.6. The van der Waals surface area contributed by atoms with E-state index in [0.29, 0.717) is 23.0 Å². The summed E-state index contributed by atoms with van der Waals surface area (Å²) in [4.78, 5) is 28.7. The fourth-order valence-electron chi connectivity index (χ4n) is 4.00. The van der Waals surface area contributed by atoms with Crippen LogP contribution in [0.2, 0.25) is 0 Å². The third-order valence-electron chi connectivity index (χ3n) is 5.70. The van der Waals surface area contributed by atoms with Crippen LogP contribution in [0.15, 0.2) is 48.7 Å². The van der Waals surface area contributed by atoms with Gasteiger partial charge in [-0.3, -0.25) is 19.8 Å². The molecule has 1 amide bonds. The third-order valence-corrected chi connectivity index (χ3v) is 5.70. The van der Waals surface area contributed by atoms with Gasteiger partial charge in [-0.1, -0.05) is 37.1 Å². The molecule has 0 spiro atoms. The summed E-state index contributed by atoms with van der Waals surface area (Å²) in [5, 5.41) is 14.5. The largest absolute Gasteiger partial charge is 0.360 e. The van der Waals surface area contributed by atoms with Crippen molar-refractivity contribution in [3.05, 3.63) is 75.5 Å². The van der Waals surface area contributed by atoms with Gasteiger partial charge >= 0.3 is 0 Å². The van der Waals surface area contributed by atoms with E-state index in [1.54, 1.807) is 12.3 Å². The molecule has 1 aliphatic rings. The molecule has 2 aromatic carbocycles. The second kappa shape index (κ2) is 9.09. The van der Waals surface area contributed by atoms with E-state index in [1.807, 2.05) is 12.1 Å². The number of carbonyl (C=O) groups excluding carboxylic acids is 1. The number of nitro groups is 1. The molecule has 3 aromatic rings. The number of H-pyrrole nitrogens is 1. The SMILES string of the molecule is O=C(NCc1ccc(CN2CCCCCC2)cc1)c1c[nH]c2ccc([N+](=O)[O-])cc12. The Bertz CT molecular complexity index is 1030. The first-order valence-corrected chi connectivity index (χ1v) is 10.4. The number of hydrogen-bond donors (Lipinski definition) is 2. The van der Waals surface area contributed by atoms with Crippen LogP contribution in [0, 0.1) is 10.1 Å². The topological polar surface area (TPSA) is 91.3 Å². The summed E-state index contributed by atoms with van der Waals surface area (Å²) < 4.78 is 0. The van der Waals surface area contributed by atoms with Crippen LogP contribution in [0.1, 0.15) is 47.2 Å². The lowest BCUT2D eigenvalue weighted by atomic mass is 10.1. The second-order valence-corrected chi connectivity index (χ2v) is 7.88. The van der Waals surface area contributed by atoms with Crippen molar-refractivity contribution in [2.45, 2.75) is 38.8 Å². The zero-order valence-electron chi connectivity index (χ0n) is 16.9. The molecule has 7 heteroatoms. The molecule has 0 aliphatic carbocycles. The summed E-state index contributed by atoms with van der Waals surface area (Å²) in [6.07, 6.45) is 6.81. The van der Waals surface area contributed by atoms with Crippen LogP contribution in [-0.2, 0) is 13.1 Å². The molecular formula is C23H26N4O3. The van der Waals surface area contributed by atoms with E-state index in [9.17, 15) is 14.9 Å². The first-order valence-electron chi connectivity index (χ1n) is 10.4. The van der Waals surface area contributed by atoms with Crippen LogP contribution in [-0.4, -0.2) is 33.8 Å². The predicted molar refractivity (Wildman–Crippen MR) is 116 cm³/mol. The highest BCUT2D eigenvalue weighted by molar-refractivity contribution is 6.07. The highest BCUT2D eigenvalue weighted by atomic mass is 16.6. The van der Waals surface area contributed by atoms with E-state index in [4.69, 9.17) is 0 Å². The quantitative estimate of drug-likeness (QED) is 0.469. The molecule has 0 atom stereocenters. The molecule has 0 unspecified atom stereocenters. The van der Waals surface area contributed by atoms with Gasteiger partial charge in [-0.05, 0) is 43.1 Å². The molecule has 0 bridgehead atoms. The fourth-order valence-corrected chi connectivity index (χ4v) is 4.00. The van der Waals surface area contributed by atoms with Crippen molar-refractivity contribution in [3.8, 4) is 0 Å². The zero-order valence-corrected chi connectivity index (χ0v) is 16.9. The van der Waals surface area contributed by atoms with Crippen molar-refractivity contribution in [1.82, 2.24) is 15.2 Å². The van der Waals surface area contributed by atoms with Crippen LogP contribution in [0.25, 0.3) is 10.9 Å². The van der Waals surface area contributed by atoms with Gasteiger partial charge in [0, 0.05) is 42.3 Å². The number of aromatic amines is 1. The van der Waals surface area contributed by atoms with Gasteiger partial charge in [-0.2, -0.15) is 0 Å². The molecule has 1 aliphatic heterocycles. The Morgan fingerprint density at radius 2 is 1.73 bits per heavy atom. The van der Waals surface area contributed by atoms with Crippen molar-refractivity contribution in [2.24, 2.45) is 0 Å². The van der Waals surface area contributed by atoms with E-state index in [-0.39, 0.29) is 11.6 Å². The maximum Gasteiger partial charge on any atom is 0.270 e. The first kappa shape index (κ1) is 20.1. The number of carbonyl (C=O) groups is 1. The van der Waals surface area contributed by atoms with E-state index in [0.717, 1.165) is 12.1 Å². The number of benzene rings is 2. The van der Waals surface area contributed by atoms with Crippen LogP contribution >= 0.6 is 0 Å². The number of non-ortho nitro benzene ring substituents is 1. The normalized spacial score (nSPS) is 15.1. The number of hydrogen-bond acceptors (Lipinski definition) is 4. The lowest BCUT2D eigenvalue weighted by molar-refractivity contribution is -0.384. The van der Waals surface area contributed by atoms with E-state index in [2.05, 4.69) is 27.3 Å². The Labute approximate surface area is 175 Å². The molecular weight excluding hydrogens is 380 g/mol. The van der Waals surface area contributed by atoms with Crippen LogP contribution in [0.5, 0.6) is 0 Å². The molecule has 0 radical (unpaired) electrons. The number of rotatable bonds is 6. The summed E-state index contributed by atoms with van der Waals surface area (Å²) in [7, 11) is 0. The highest BCUT2D eigenvalue weighted by Gasteiger charge is 2.15. The van der Waals surface area contributed by atoms with Gasteiger partial charge in [0.25, 0.3) is 11.6 Å². The number of nitrogens with zero attached hydrogens (tertiary/aromatic N) is 2. The van der Waals surface area contributed by atoms with Gasteiger partial charge in [0.1, 0.15) is 0 Å². The summed E-state index contributed by atoms with van der Waals surface area (Å²) in [5.41, 5.74) is 3.39. The average molecular weight is 406 g/mol. The third kappa shape index (κ3) is 4.68. The Morgan fingerprint density at radius 1 is 1.03 bits per heavy atom. The summed E-state index contributed by atoms with van der Waals surface area (Å²) in [6.45, 7) is 3.71. The Hall–Kier alpha value is -3.19. The average Bonchev–Trinajstić information content (AvgIpc) is 3.01. The van der Waals surface area contributed by atoms with Gasteiger partial charge in [0.2, 0.25) is 0 Å². The zero-order chi connectivity index (χ0) is 20.9. The molecule has 0 saturated carbocycles. The number of likely N-dealkylation sites (tertiary alicyclic amines) is 1. The minimum absolute atomic E-state index is 0.0313. The van der Waals surface area contributed by atoms with Crippen LogP contribution in [0.4, 0.5) is 5.69 Å². The number of fused-ring (bicyclic) bond motifs is 1. The standard InChI is InChI=1S/C23H26N4O3/c28-23(21-15-24-22-10-9-19(27(29)30)13-20(21)22)25-14-17-5-7-18(8-6-17)16-26-11-3-1-2-4-12-26/h5-10,13,15,24H,1-4,11-12,14,16H2,(H,25,28). The lowest BCUT2D eigenvalue weighted by Gasteiger charge is -2.19. The van der Waals surface area contributed by atoms with E-state index >= 15 is 0 Å². The summed E-state index contributed by atoms with van der Waals surface area (Å²) in [5.74, 6) is -0.254. The van der Waals surface area contributed by atoms with E-state index < -0.39 is 4.92 Å². The maximum atomic E-state index is 12.6. The van der Waals surface area contributed by atoms with Crippen molar-refractivity contribution >= 4 is 22.5 Å². The molecule has 2 N–H and O–H groups in total. The molecule has 1 saturated heterocycles. The van der Waals surface area contributed by atoms with Gasteiger partial charge in [-0.15, -0.1) is 0 Å². The second-order valence-electron chi connectivity index (χ2n) is 7.88. The van der Waals surface area contributed by atoms with Crippen LogP contribution < -0.4 is 5.32 Å². The molecule has 1 aromatic heterocycles. The number of amides is 1. The van der Waals surface area contributed by atoms with Crippen molar-refractivity contribution in [1.29, 1.82) is 0 Å². The van der Waals surface area contributed by atoms with Gasteiger partial charge in [0.05, 0.1) is 10.5 Å². The lowest BCUT2D eigenvalue weighted by Crippen LogP contribution is -2.24. The highest BCUT2D eigenvalue weighted by Crippen LogP contribution is 2.23. The van der Waals surface area contributed by atoms with Gasteiger partial charge in [-0.25, -0.2) is 0 Å². The fraction of sp³-hybridized carbons (Fsp3) is 0.348. The summed E-state index contributed by atoms with van der Waals surface area (Å²) in [6, 6.07) is 12.8. The molecule has 4 rings (SSSR count).